The fourth-order valence-corrected chi connectivity index (χ4v) is 2.70. The van der Waals surface area contributed by atoms with Gasteiger partial charge in [-0.3, -0.25) is 0 Å². The van der Waals surface area contributed by atoms with E-state index in [-0.39, 0.29) is 5.75 Å². The lowest BCUT2D eigenvalue weighted by Gasteiger charge is -2.10. The molecular formula is C25H43NO7. The lowest BCUT2D eigenvalue weighted by molar-refractivity contribution is -0.0158. The fourth-order valence-electron chi connectivity index (χ4n) is 2.70. The van der Waals surface area contributed by atoms with Crippen molar-refractivity contribution in [1.29, 1.82) is 0 Å². The summed E-state index contributed by atoms with van der Waals surface area (Å²) in [6.45, 7) is 11.2. The molecule has 0 radical (unpaired) electrons. The molecule has 1 rings (SSSR count). The van der Waals surface area contributed by atoms with Gasteiger partial charge in [-0.05, 0) is 42.7 Å². The number of phenols is 1. The number of anilines is 1. The van der Waals surface area contributed by atoms with Gasteiger partial charge in [0.25, 0.3) is 0 Å². The van der Waals surface area contributed by atoms with Crippen molar-refractivity contribution < 1.29 is 33.5 Å². The molecule has 0 aromatic heterocycles. The van der Waals surface area contributed by atoms with Crippen LogP contribution in [0.2, 0.25) is 0 Å². The summed E-state index contributed by atoms with van der Waals surface area (Å²) in [7, 11) is 0. The standard InChI is InChI=1S/C25H43NO7/c1-3-5-23(21-26-24-6-8-25(27)9-7-24)22-33-20-19-32-18-17-31-16-15-30-14-13-29-12-11-28-10-4-2/h6-9,21,26-27H,3-5,10-20,22H2,1-2H3/b23-21+. The average molecular weight is 470 g/mol. The Hall–Kier alpha value is -1.68. The van der Waals surface area contributed by atoms with E-state index in [1.54, 1.807) is 12.1 Å². The Morgan fingerprint density at radius 3 is 1.58 bits per heavy atom. The van der Waals surface area contributed by atoms with Crippen molar-refractivity contribution in [1.82, 2.24) is 0 Å². The summed E-state index contributed by atoms with van der Waals surface area (Å²) in [5.41, 5.74) is 2.11. The maximum absolute atomic E-state index is 9.34. The van der Waals surface area contributed by atoms with Crippen LogP contribution in [-0.4, -0.2) is 84.4 Å². The molecule has 0 bridgehead atoms. The van der Waals surface area contributed by atoms with Gasteiger partial charge in [-0.15, -0.1) is 0 Å². The zero-order valence-corrected chi connectivity index (χ0v) is 20.4. The van der Waals surface area contributed by atoms with E-state index in [2.05, 4.69) is 19.2 Å². The first-order chi connectivity index (χ1) is 16.3. The first kappa shape index (κ1) is 29.4. The van der Waals surface area contributed by atoms with Crippen molar-refractivity contribution in [3.63, 3.8) is 0 Å². The van der Waals surface area contributed by atoms with Gasteiger partial charge in [-0.25, -0.2) is 0 Å². The Kier molecular flexibility index (Phi) is 19.7. The van der Waals surface area contributed by atoms with Crippen molar-refractivity contribution in [2.45, 2.75) is 33.1 Å². The second-order valence-corrected chi connectivity index (χ2v) is 7.36. The van der Waals surface area contributed by atoms with Gasteiger partial charge in [0.1, 0.15) is 5.75 Å². The molecule has 0 spiro atoms. The zero-order chi connectivity index (χ0) is 23.8. The molecule has 0 amide bonds. The highest BCUT2D eigenvalue weighted by Crippen LogP contribution is 2.15. The van der Waals surface area contributed by atoms with Crippen LogP contribution in [0.25, 0.3) is 0 Å². The normalized spacial score (nSPS) is 11.8. The monoisotopic (exact) mass is 469 g/mol. The average Bonchev–Trinajstić information content (AvgIpc) is 2.82. The predicted molar refractivity (Wildman–Crippen MR) is 130 cm³/mol. The third-order valence-corrected chi connectivity index (χ3v) is 4.38. The highest BCUT2D eigenvalue weighted by Gasteiger charge is 1.99. The molecule has 0 fully saturated rings. The molecule has 0 saturated carbocycles. The second kappa shape index (κ2) is 22.1. The highest BCUT2D eigenvalue weighted by atomic mass is 16.6. The van der Waals surface area contributed by atoms with Crippen LogP contribution in [0.3, 0.4) is 0 Å². The topological polar surface area (TPSA) is 87.6 Å². The summed E-state index contributed by atoms with van der Waals surface area (Å²) in [4.78, 5) is 0. The lowest BCUT2D eigenvalue weighted by atomic mass is 10.2. The molecule has 33 heavy (non-hydrogen) atoms. The van der Waals surface area contributed by atoms with E-state index in [9.17, 15) is 5.11 Å². The third kappa shape index (κ3) is 18.4. The van der Waals surface area contributed by atoms with E-state index in [1.807, 2.05) is 18.3 Å². The Bertz CT molecular complexity index is 581. The van der Waals surface area contributed by atoms with E-state index in [1.165, 1.54) is 5.57 Å². The highest BCUT2D eigenvalue weighted by molar-refractivity contribution is 5.48. The molecule has 1 aromatic rings. The van der Waals surface area contributed by atoms with Crippen LogP contribution in [0, 0.1) is 0 Å². The van der Waals surface area contributed by atoms with E-state index in [4.69, 9.17) is 28.4 Å². The maximum Gasteiger partial charge on any atom is 0.115 e. The van der Waals surface area contributed by atoms with E-state index >= 15 is 0 Å². The van der Waals surface area contributed by atoms with Crippen molar-refractivity contribution in [3.05, 3.63) is 36.0 Å². The lowest BCUT2D eigenvalue weighted by Crippen LogP contribution is -2.14. The summed E-state index contributed by atoms with van der Waals surface area (Å²) < 4.78 is 32.9. The minimum absolute atomic E-state index is 0.255. The SMILES string of the molecule is CCCOCCOCCOCCOCCOCCOC/C(=C/Nc1ccc(O)cc1)CCC. The molecule has 0 atom stereocenters. The van der Waals surface area contributed by atoms with E-state index in [0.29, 0.717) is 72.7 Å². The van der Waals surface area contributed by atoms with E-state index in [0.717, 1.165) is 31.6 Å². The molecule has 0 aliphatic rings. The summed E-state index contributed by atoms with van der Waals surface area (Å²) in [6, 6.07) is 6.98. The van der Waals surface area contributed by atoms with Crippen LogP contribution in [0.1, 0.15) is 33.1 Å². The van der Waals surface area contributed by atoms with Crippen LogP contribution in [-0.2, 0) is 28.4 Å². The molecule has 0 unspecified atom stereocenters. The molecule has 0 saturated heterocycles. The Balaban J connectivity index is 1.90. The molecule has 0 aliphatic heterocycles. The number of ether oxygens (including phenoxy) is 6. The first-order valence-corrected chi connectivity index (χ1v) is 12.0. The van der Waals surface area contributed by atoms with Gasteiger partial charge < -0.3 is 38.8 Å². The maximum atomic E-state index is 9.34. The fraction of sp³-hybridized carbons (Fsp3) is 0.680. The van der Waals surface area contributed by atoms with Gasteiger partial charge in [0.05, 0.1) is 72.7 Å². The third-order valence-electron chi connectivity index (χ3n) is 4.38. The number of aromatic hydroxyl groups is 1. The van der Waals surface area contributed by atoms with Gasteiger partial charge in [-0.1, -0.05) is 20.3 Å². The van der Waals surface area contributed by atoms with Crippen LogP contribution in [0.5, 0.6) is 5.75 Å². The van der Waals surface area contributed by atoms with Crippen LogP contribution < -0.4 is 5.32 Å². The van der Waals surface area contributed by atoms with Gasteiger partial charge in [0, 0.05) is 18.5 Å². The van der Waals surface area contributed by atoms with Crippen molar-refractivity contribution >= 4 is 5.69 Å². The molecule has 8 heteroatoms. The number of hydrogen-bond donors (Lipinski definition) is 2. The molecular weight excluding hydrogens is 426 g/mol. The first-order valence-electron chi connectivity index (χ1n) is 12.0. The number of rotatable bonds is 23. The zero-order valence-electron chi connectivity index (χ0n) is 20.4. The quantitative estimate of drug-likeness (QED) is 0.184. The summed E-state index contributed by atoms with van der Waals surface area (Å²) >= 11 is 0. The predicted octanol–water partition coefficient (Wildman–Crippen LogP) is 4.00. The van der Waals surface area contributed by atoms with E-state index < -0.39 is 0 Å². The molecule has 1 aromatic carbocycles. The number of benzene rings is 1. The van der Waals surface area contributed by atoms with Crippen molar-refractivity contribution in [2.75, 3.05) is 84.6 Å². The smallest absolute Gasteiger partial charge is 0.115 e. The minimum atomic E-state index is 0.255. The summed E-state index contributed by atoms with van der Waals surface area (Å²) in [6.07, 6.45) is 5.01. The summed E-state index contributed by atoms with van der Waals surface area (Å²) in [5.74, 6) is 0.255. The summed E-state index contributed by atoms with van der Waals surface area (Å²) in [5, 5.41) is 12.6. The molecule has 2 N–H and O–H groups in total. The van der Waals surface area contributed by atoms with Crippen molar-refractivity contribution in [2.24, 2.45) is 0 Å². The molecule has 0 heterocycles. The van der Waals surface area contributed by atoms with Crippen molar-refractivity contribution in [3.8, 4) is 5.75 Å². The molecule has 8 nitrogen and oxygen atoms in total. The largest absolute Gasteiger partial charge is 0.508 e. The Morgan fingerprint density at radius 2 is 1.12 bits per heavy atom. The van der Waals surface area contributed by atoms with Gasteiger partial charge >= 0.3 is 0 Å². The molecule has 0 aliphatic carbocycles. The Labute approximate surface area is 199 Å². The number of phenolic OH excluding ortho intramolecular Hbond substituents is 1. The van der Waals surface area contributed by atoms with Gasteiger partial charge in [0.2, 0.25) is 0 Å². The number of nitrogens with one attached hydrogen (secondary N) is 1. The van der Waals surface area contributed by atoms with Crippen LogP contribution in [0.4, 0.5) is 5.69 Å². The van der Waals surface area contributed by atoms with Crippen LogP contribution >= 0.6 is 0 Å². The van der Waals surface area contributed by atoms with Gasteiger partial charge in [0.15, 0.2) is 0 Å². The minimum Gasteiger partial charge on any atom is -0.508 e. The van der Waals surface area contributed by atoms with Crippen LogP contribution in [0.15, 0.2) is 36.0 Å². The molecule has 190 valence electrons. The number of hydrogen-bond acceptors (Lipinski definition) is 8. The second-order valence-electron chi connectivity index (χ2n) is 7.36. The Morgan fingerprint density at radius 1 is 0.667 bits per heavy atom. The van der Waals surface area contributed by atoms with Gasteiger partial charge in [-0.2, -0.15) is 0 Å².